The van der Waals surface area contributed by atoms with E-state index in [1.807, 2.05) is 11.9 Å². The maximum absolute atomic E-state index is 11.6. The molecule has 0 aliphatic heterocycles. The molecule has 1 rings (SSSR count). The summed E-state index contributed by atoms with van der Waals surface area (Å²) in [7, 11) is 1.96. The molecule has 0 atom stereocenters. The average Bonchev–Trinajstić information content (AvgIpc) is 2.00. The number of nitrogens with zero attached hydrogens (tertiary/aromatic N) is 1. The molecule has 0 aromatic heterocycles. The van der Waals surface area contributed by atoms with E-state index in [4.69, 9.17) is 0 Å². The third-order valence-corrected chi connectivity index (χ3v) is 3.50. The molecule has 82 valence electrons. The summed E-state index contributed by atoms with van der Waals surface area (Å²) in [5, 5.41) is 0. The Balaban J connectivity index is 2.28. The largest absolute Gasteiger partial charge is 0.343 e. The van der Waals surface area contributed by atoms with Crippen molar-refractivity contribution >= 4 is 5.91 Å². The first-order chi connectivity index (χ1) is 6.56. The predicted molar refractivity (Wildman–Crippen MR) is 59.0 cm³/mol. The van der Waals surface area contributed by atoms with Crippen molar-refractivity contribution in [3.05, 3.63) is 0 Å². The Labute approximate surface area is 87.7 Å². The SMILES string of the molecule is CCCC(=O)N(C)[C@H]1C[C@H](C(C)C)C1. The van der Waals surface area contributed by atoms with Gasteiger partial charge >= 0.3 is 0 Å². The van der Waals surface area contributed by atoms with Gasteiger partial charge in [0.2, 0.25) is 5.91 Å². The Kier molecular flexibility index (Phi) is 3.97. The monoisotopic (exact) mass is 197 g/mol. The summed E-state index contributed by atoms with van der Waals surface area (Å²) in [5.74, 6) is 1.94. The van der Waals surface area contributed by atoms with Crippen LogP contribution < -0.4 is 0 Å². The molecule has 0 heterocycles. The second-order valence-electron chi connectivity index (χ2n) is 4.88. The molecule has 1 aliphatic carbocycles. The van der Waals surface area contributed by atoms with Crippen molar-refractivity contribution < 1.29 is 4.79 Å². The molecule has 0 aromatic carbocycles. The van der Waals surface area contributed by atoms with Crippen LogP contribution in [0.25, 0.3) is 0 Å². The van der Waals surface area contributed by atoms with Gasteiger partial charge in [-0.2, -0.15) is 0 Å². The van der Waals surface area contributed by atoms with Gasteiger partial charge in [0.25, 0.3) is 0 Å². The second-order valence-corrected chi connectivity index (χ2v) is 4.88. The number of carbonyl (C=O) groups is 1. The lowest BCUT2D eigenvalue weighted by Gasteiger charge is -2.43. The van der Waals surface area contributed by atoms with Crippen LogP contribution in [0.3, 0.4) is 0 Å². The minimum Gasteiger partial charge on any atom is -0.343 e. The zero-order valence-electron chi connectivity index (χ0n) is 9.92. The molecule has 2 nitrogen and oxygen atoms in total. The minimum atomic E-state index is 0.319. The first-order valence-electron chi connectivity index (χ1n) is 5.81. The topological polar surface area (TPSA) is 20.3 Å². The molecule has 0 unspecified atom stereocenters. The lowest BCUT2D eigenvalue weighted by Crippen LogP contribution is -2.46. The van der Waals surface area contributed by atoms with Crippen molar-refractivity contribution in [2.45, 2.75) is 52.5 Å². The van der Waals surface area contributed by atoms with Gasteiger partial charge in [-0.1, -0.05) is 20.8 Å². The fourth-order valence-electron chi connectivity index (χ4n) is 2.08. The van der Waals surface area contributed by atoms with E-state index in [1.165, 1.54) is 12.8 Å². The van der Waals surface area contributed by atoms with Crippen LogP contribution in [0.4, 0.5) is 0 Å². The lowest BCUT2D eigenvalue weighted by atomic mass is 9.73. The normalized spacial score (nSPS) is 26.1. The maximum atomic E-state index is 11.6. The highest BCUT2D eigenvalue weighted by Gasteiger charge is 2.35. The Morgan fingerprint density at radius 2 is 2.00 bits per heavy atom. The van der Waals surface area contributed by atoms with Crippen molar-refractivity contribution in [1.29, 1.82) is 0 Å². The summed E-state index contributed by atoms with van der Waals surface area (Å²) in [4.78, 5) is 13.5. The van der Waals surface area contributed by atoms with Crippen molar-refractivity contribution in [1.82, 2.24) is 4.90 Å². The van der Waals surface area contributed by atoms with E-state index in [1.54, 1.807) is 0 Å². The number of amides is 1. The van der Waals surface area contributed by atoms with Crippen LogP contribution >= 0.6 is 0 Å². The first-order valence-corrected chi connectivity index (χ1v) is 5.81. The van der Waals surface area contributed by atoms with Crippen LogP contribution in [0.5, 0.6) is 0 Å². The summed E-state index contributed by atoms with van der Waals surface area (Å²) < 4.78 is 0. The summed E-state index contributed by atoms with van der Waals surface area (Å²) in [6, 6.07) is 0.529. The van der Waals surface area contributed by atoms with E-state index in [-0.39, 0.29) is 0 Å². The molecule has 0 saturated heterocycles. The Morgan fingerprint density at radius 3 is 2.43 bits per heavy atom. The standard InChI is InChI=1S/C12H23NO/c1-5-6-12(14)13(4)11-7-10(8-11)9(2)3/h9-11H,5-8H2,1-4H3/t10-,11-. The molecule has 1 fully saturated rings. The van der Waals surface area contributed by atoms with Gasteiger partial charge in [-0.3, -0.25) is 4.79 Å². The second kappa shape index (κ2) is 4.81. The average molecular weight is 197 g/mol. The van der Waals surface area contributed by atoms with Crippen LogP contribution in [0.2, 0.25) is 0 Å². The maximum Gasteiger partial charge on any atom is 0.222 e. The molecule has 14 heavy (non-hydrogen) atoms. The van der Waals surface area contributed by atoms with Gasteiger partial charge in [-0.05, 0) is 31.1 Å². The lowest BCUT2D eigenvalue weighted by molar-refractivity contribution is -0.134. The molecule has 0 bridgehead atoms. The Morgan fingerprint density at radius 1 is 1.43 bits per heavy atom. The third kappa shape index (κ3) is 2.49. The molecule has 2 heteroatoms. The van der Waals surface area contributed by atoms with Gasteiger partial charge in [-0.25, -0.2) is 0 Å². The highest BCUT2D eigenvalue weighted by atomic mass is 16.2. The zero-order valence-corrected chi connectivity index (χ0v) is 9.92. The van der Waals surface area contributed by atoms with Gasteiger partial charge in [-0.15, -0.1) is 0 Å². The number of hydrogen-bond donors (Lipinski definition) is 0. The smallest absolute Gasteiger partial charge is 0.222 e. The van der Waals surface area contributed by atoms with E-state index in [9.17, 15) is 4.79 Å². The number of rotatable bonds is 4. The van der Waals surface area contributed by atoms with Crippen LogP contribution in [-0.4, -0.2) is 23.9 Å². The predicted octanol–water partition coefficient (Wildman–Crippen LogP) is 2.68. The van der Waals surface area contributed by atoms with E-state index in [2.05, 4.69) is 20.8 Å². The van der Waals surface area contributed by atoms with E-state index in [0.29, 0.717) is 18.4 Å². The van der Waals surface area contributed by atoms with Crippen molar-refractivity contribution in [2.24, 2.45) is 11.8 Å². The van der Waals surface area contributed by atoms with Crippen LogP contribution in [0.15, 0.2) is 0 Å². The number of carbonyl (C=O) groups excluding carboxylic acids is 1. The molecule has 1 aliphatic rings. The fraction of sp³-hybridized carbons (Fsp3) is 0.917. The van der Waals surface area contributed by atoms with Crippen molar-refractivity contribution in [2.75, 3.05) is 7.05 Å². The van der Waals surface area contributed by atoms with Gasteiger partial charge in [0.05, 0.1) is 0 Å². The molecule has 0 radical (unpaired) electrons. The first kappa shape index (κ1) is 11.5. The van der Waals surface area contributed by atoms with Gasteiger partial charge in [0.15, 0.2) is 0 Å². The summed E-state index contributed by atoms with van der Waals surface area (Å²) in [6.07, 6.45) is 4.09. The molecule has 1 amide bonds. The van der Waals surface area contributed by atoms with Gasteiger partial charge < -0.3 is 4.90 Å². The van der Waals surface area contributed by atoms with Crippen molar-refractivity contribution in [3.63, 3.8) is 0 Å². The van der Waals surface area contributed by atoms with Crippen LogP contribution in [0, 0.1) is 11.8 Å². The van der Waals surface area contributed by atoms with Crippen LogP contribution in [-0.2, 0) is 4.79 Å². The summed E-state index contributed by atoms with van der Waals surface area (Å²) in [6.45, 7) is 6.60. The molecule has 0 spiro atoms. The fourth-order valence-corrected chi connectivity index (χ4v) is 2.08. The summed E-state index contributed by atoms with van der Waals surface area (Å²) >= 11 is 0. The van der Waals surface area contributed by atoms with E-state index in [0.717, 1.165) is 18.3 Å². The van der Waals surface area contributed by atoms with Gasteiger partial charge in [0.1, 0.15) is 0 Å². The highest BCUT2D eigenvalue weighted by molar-refractivity contribution is 5.76. The van der Waals surface area contributed by atoms with Crippen LogP contribution in [0.1, 0.15) is 46.5 Å². The Hall–Kier alpha value is -0.530. The molecule has 0 aromatic rings. The Bertz CT molecular complexity index is 194. The molecular formula is C12H23NO. The van der Waals surface area contributed by atoms with Crippen molar-refractivity contribution in [3.8, 4) is 0 Å². The van der Waals surface area contributed by atoms with Gasteiger partial charge in [0, 0.05) is 19.5 Å². The van der Waals surface area contributed by atoms with E-state index >= 15 is 0 Å². The molecule has 0 N–H and O–H groups in total. The third-order valence-electron chi connectivity index (χ3n) is 3.50. The highest BCUT2D eigenvalue weighted by Crippen LogP contribution is 2.36. The number of hydrogen-bond acceptors (Lipinski definition) is 1. The van der Waals surface area contributed by atoms with E-state index < -0.39 is 0 Å². The minimum absolute atomic E-state index is 0.319. The summed E-state index contributed by atoms with van der Waals surface area (Å²) in [5.41, 5.74) is 0. The molecule has 1 saturated carbocycles. The zero-order chi connectivity index (χ0) is 10.7. The molecular weight excluding hydrogens is 174 g/mol. The quantitative estimate of drug-likeness (QED) is 0.678.